The highest BCUT2D eigenvalue weighted by molar-refractivity contribution is 5.88. The molecule has 0 aliphatic rings. The Labute approximate surface area is 91.3 Å². The van der Waals surface area contributed by atoms with Crippen LogP contribution in [0.1, 0.15) is 15.9 Å². The SMILES string of the molecule is COc1cc(C=O)cc(C#CC(=O)O)c1O. The van der Waals surface area contributed by atoms with Gasteiger partial charge in [0.2, 0.25) is 0 Å². The summed E-state index contributed by atoms with van der Waals surface area (Å²) in [6.45, 7) is 0. The molecular weight excluding hydrogens is 212 g/mol. The normalized spacial score (nSPS) is 8.81. The molecule has 0 bridgehead atoms. The molecule has 0 amide bonds. The number of benzene rings is 1. The van der Waals surface area contributed by atoms with E-state index in [-0.39, 0.29) is 22.6 Å². The average molecular weight is 220 g/mol. The number of phenolic OH excluding ortho intramolecular Hbond substituents is 1. The summed E-state index contributed by atoms with van der Waals surface area (Å²) in [5.74, 6) is 2.52. The lowest BCUT2D eigenvalue weighted by atomic mass is 10.1. The molecule has 16 heavy (non-hydrogen) atoms. The number of carbonyl (C=O) groups excluding carboxylic acids is 1. The maximum Gasteiger partial charge on any atom is 0.382 e. The van der Waals surface area contributed by atoms with Gasteiger partial charge < -0.3 is 14.9 Å². The molecule has 0 heterocycles. The van der Waals surface area contributed by atoms with Gasteiger partial charge in [-0.1, -0.05) is 5.92 Å². The minimum absolute atomic E-state index is 0.0313. The predicted molar refractivity (Wildman–Crippen MR) is 54.6 cm³/mol. The molecule has 5 nitrogen and oxygen atoms in total. The van der Waals surface area contributed by atoms with E-state index in [1.165, 1.54) is 19.2 Å². The van der Waals surface area contributed by atoms with Gasteiger partial charge in [-0.25, -0.2) is 4.79 Å². The largest absolute Gasteiger partial charge is 0.503 e. The second kappa shape index (κ2) is 4.84. The number of aldehydes is 1. The van der Waals surface area contributed by atoms with Crippen LogP contribution in [-0.2, 0) is 4.79 Å². The maximum absolute atomic E-state index is 10.6. The van der Waals surface area contributed by atoms with Gasteiger partial charge in [-0.15, -0.1) is 0 Å². The Hall–Kier alpha value is -2.48. The average Bonchev–Trinajstić information content (AvgIpc) is 2.27. The van der Waals surface area contributed by atoms with E-state index in [0.29, 0.717) is 6.29 Å². The van der Waals surface area contributed by atoms with Gasteiger partial charge in [0.05, 0.1) is 12.7 Å². The molecule has 0 fully saturated rings. The van der Waals surface area contributed by atoms with Gasteiger partial charge in [0.15, 0.2) is 11.5 Å². The van der Waals surface area contributed by atoms with Crippen molar-refractivity contribution in [1.29, 1.82) is 0 Å². The van der Waals surface area contributed by atoms with Crippen LogP contribution in [0.4, 0.5) is 0 Å². The van der Waals surface area contributed by atoms with Gasteiger partial charge >= 0.3 is 5.97 Å². The van der Waals surface area contributed by atoms with Crippen molar-refractivity contribution in [2.75, 3.05) is 7.11 Å². The lowest BCUT2D eigenvalue weighted by Crippen LogP contribution is -1.92. The number of aromatic hydroxyl groups is 1. The van der Waals surface area contributed by atoms with Crippen molar-refractivity contribution in [2.45, 2.75) is 0 Å². The van der Waals surface area contributed by atoms with Gasteiger partial charge in [0, 0.05) is 11.5 Å². The summed E-state index contributed by atoms with van der Waals surface area (Å²) in [6, 6.07) is 2.61. The predicted octanol–water partition coefficient (Wildman–Crippen LogP) is 0.649. The van der Waals surface area contributed by atoms with Gasteiger partial charge in [0.25, 0.3) is 0 Å². The molecule has 0 saturated carbocycles. The minimum Gasteiger partial charge on any atom is -0.503 e. The summed E-state index contributed by atoms with van der Waals surface area (Å²) in [5.41, 5.74) is 0.271. The summed E-state index contributed by atoms with van der Waals surface area (Å²) in [7, 11) is 1.32. The Morgan fingerprint density at radius 2 is 2.19 bits per heavy atom. The number of hydrogen-bond donors (Lipinski definition) is 2. The standard InChI is InChI=1S/C11H8O5/c1-16-9-5-7(6-12)4-8(11(9)15)2-3-10(13)14/h4-6,15H,1H3,(H,13,14). The molecule has 1 rings (SSSR count). The number of rotatable bonds is 2. The number of methoxy groups -OCH3 is 1. The van der Waals surface area contributed by atoms with Crippen molar-refractivity contribution < 1.29 is 24.5 Å². The molecule has 0 saturated heterocycles. The summed E-state index contributed by atoms with van der Waals surface area (Å²) in [4.78, 5) is 20.8. The van der Waals surface area contributed by atoms with Crippen molar-refractivity contribution >= 4 is 12.3 Å². The van der Waals surface area contributed by atoms with Crippen LogP contribution >= 0.6 is 0 Å². The Morgan fingerprint density at radius 1 is 1.50 bits per heavy atom. The Kier molecular flexibility index (Phi) is 3.51. The quantitative estimate of drug-likeness (QED) is 0.564. The zero-order chi connectivity index (χ0) is 12.1. The molecule has 0 atom stereocenters. The van der Waals surface area contributed by atoms with Crippen LogP contribution in [0.25, 0.3) is 0 Å². The Balaban J connectivity index is 3.33. The second-order valence-corrected chi connectivity index (χ2v) is 2.79. The summed E-state index contributed by atoms with van der Waals surface area (Å²) >= 11 is 0. The van der Waals surface area contributed by atoms with Crippen LogP contribution in [0.3, 0.4) is 0 Å². The van der Waals surface area contributed by atoms with E-state index < -0.39 is 5.97 Å². The number of ether oxygens (including phenoxy) is 1. The van der Waals surface area contributed by atoms with Crippen LogP contribution in [0.15, 0.2) is 12.1 Å². The van der Waals surface area contributed by atoms with E-state index in [9.17, 15) is 14.7 Å². The minimum atomic E-state index is -1.32. The molecular formula is C11H8O5. The molecule has 0 aliphatic carbocycles. The first-order valence-corrected chi connectivity index (χ1v) is 4.19. The first-order chi connectivity index (χ1) is 7.58. The zero-order valence-corrected chi connectivity index (χ0v) is 8.35. The Bertz CT molecular complexity index is 493. The van der Waals surface area contributed by atoms with Crippen molar-refractivity contribution in [3.05, 3.63) is 23.3 Å². The zero-order valence-electron chi connectivity index (χ0n) is 8.35. The second-order valence-electron chi connectivity index (χ2n) is 2.79. The topological polar surface area (TPSA) is 83.8 Å². The maximum atomic E-state index is 10.6. The van der Waals surface area contributed by atoms with Crippen LogP contribution in [0.5, 0.6) is 11.5 Å². The number of phenols is 1. The fraction of sp³-hybridized carbons (Fsp3) is 0.0909. The highest BCUT2D eigenvalue weighted by Crippen LogP contribution is 2.30. The fourth-order valence-electron chi connectivity index (χ4n) is 1.07. The van der Waals surface area contributed by atoms with E-state index in [2.05, 4.69) is 5.92 Å². The van der Waals surface area contributed by atoms with E-state index in [4.69, 9.17) is 9.84 Å². The van der Waals surface area contributed by atoms with Crippen LogP contribution in [-0.4, -0.2) is 29.6 Å². The van der Waals surface area contributed by atoms with Gasteiger partial charge in [-0.2, -0.15) is 0 Å². The van der Waals surface area contributed by atoms with Crippen molar-refractivity contribution in [3.8, 4) is 23.3 Å². The van der Waals surface area contributed by atoms with Gasteiger partial charge in [0.1, 0.15) is 6.29 Å². The number of aliphatic carboxylic acids is 1. The number of carbonyl (C=O) groups is 2. The fourth-order valence-corrected chi connectivity index (χ4v) is 1.07. The molecule has 0 spiro atoms. The molecule has 1 aromatic carbocycles. The van der Waals surface area contributed by atoms with Crippen LogP contribution < -0.4 is 4.74 Å². The van der Waals surface area contributed by atoms with E-state index in [0.717, 1.165) is 0 Å². The third-order valence-corrected chi connectivity index (χ3v) is 1.76. The molecule has 0 unspecified atom stereocenters. The van der Waals surface area contributed by atoms with Crippen molar-refractivity contribution in [2.24, 2.45) is 0 Å². The molecule has 0 aromatic heterocycles. The first kappa shape index (κ1) is 11.6. The third kappa shape index (κ3) is 2.51. The smallest absolute Gasteiger partial charge is 0.382 e. The first-order valence-electron chi connectivity index (χ1n) is 4.19. The summed E-state index contributed by atoms with van der Waals surface area (Å²) < 4.78 is 4.81. The lowest BCUT2D eigenvalue weighted by molar-refractivity contribution is -0.130. The lowest BCUT2D eigenvalue weighted by Gasteiger charge is -2.05. The molecule has 5 heteroatoms. The van der Waals surface area contributed by atoms with E-state index in [1.54, 1.807) is 0 Å². The molecule has 1 aromatic rings. The summed E-state index contributed by atoms with van der Waals surface area (Å²) in [6.07, 6.45) is 0.550. The molecule has 82 valence electrons. The number of carboxylic acids is 1. The number of hydrogen-bond acceptors (Lipinski definition) is 4. The third-order valence-electron chi connectivity index (χ3n) is 1.76. The highest BCUT2D eigenvalue weighted by Gasteiger charge is 2.08. The van der Waals surface area contributed by atoms with E-state index >= 15 is 0 Å². The van der Waals surface area contributed by atoms with Crippen LogP contribution in [0, 0.1) is 11.8 Å². The van der Waals surface area contributed by atoms with Crippen molar-refractivity contribution in [3.63, 3.8) is 0 Å². The van der Waals surface area contributed by atoms with Crippen molar-refractivity contribution in [1.82, 2.24) is 0 Å². The monoisotopic (exact) mass is 220 g/mol. The molecule has 0 aliphatic heterocycles. The molecule has 0 radical (unpaired) electrons. The Morgan fingerprint density at radius 3 is 2.69 bits per heavy atom. The summed E-state index contributed by atoms with van der Waals surface area (Å²) in [5, 5.41) is 17.9. The van der Waals surface area contributed by atoms with E-state index in [1.807, 2.05) is 5.92 Å². The highest BCUT2D eigenvalue weighted by atomic mass is 16.5. The molecule has 2 N–H and O–H groups in total. The van der Waals surface area contributed by atoms with Gasteiger partial charge in [-0.05, 0) is 12.1 Å². The number of carboxylic acid groups (broad SMARTS) is 1. The van der Waals surface area contributed by atoms with Crippen LogP contribution in [0.2, 0.25) is 0 Å². The van der Waals surface area contributed by atoms with Gasteiger partial charge in [-0.3, -0.25) is 4.79 Å².